The maximum Gasteiger partial charge on any atom is 0.411 e. The van der Waals surface area contributed by atoms with Crippen LogP contribution in [-0.4, -0.2) is 122 Å². The molecule has 352 valence electrons. The van der Waals surface area contributed by atoms with Crippen LogP contribution >= 0.6 is 0 Å². The number of rotatable bonds is 24. The number of aliphatic carboxylic acids is 2. The molecule has 18 heteroatoms. The third-order valence-corrected chi connectivity index (χ3v) is 12.6. The number of likely N-dealkylation sites (tertiary alicyclic amines) is 2. The molecule has 2 heterocycles. The van der Waals surface area contributed by atoms with E-state index in [2.05, 4.69) is 23.8 Å². The lowest BCUT2D eigenvalue weighted by Gasteiger charge is -2.26. The highest BCUT2D eigenvalue weighted by molar-refractivity contribution is 6.05. The number of amides is 4. The summed E-state index contributed by atoms with van der Waals surface area (Å²) in [6.07, 6.45) is 8.87. The SMILES string of the molecule is C=CCOC(=O)Nc1cc(OCCCCCOc2cc(NC(=O)OCC=C)c(C(=O)N3CC4(CC4)C[C@@H]3CCC(=O)O)cc2OC)c(OC)cc1C(=O)N1CC2(CC2)C[C@@H]1CCC(=O)O. The molecule has 2 aromatic rings. The zero-order valence-electron chi connectivity index (χ0n) is 37.2. The van der Waals surface area contributed by atoms with E-state index in [9.17, 15) is 39.0 Å². The van der Waals surface area contributed by atoms with Crippen LogP contribution in [0, 0.1) is 10.8 Å². The summed E-state index contributed by atoms with van der Waals surface area (Å²) in [5, 5.41) is 24.1. The number of carbonyl (C=O) groups is 6. The number of carboxylic acids is 2. The van der Waals surface area contributed by atoms with Crippen molar-refractivity contribution in [1.82, 2.24) is 9.80 Å². The molecule has 2 atom stereocenters. The van der Waals surface area contributed by atoms with Gasteiger partial charge in [-0.25, -0.2) is 9.59 Å². The molecule has 4 N–H and O–H groups in total. The first-order chi connectivity index (χ1) is 31.2. The molecular formula is C47H60N4O14. The Morgan fingerprint density at radius 2 is 1.05 bits per heavy atom. The van der Waals surface area contributed by atoms with Gasteiger partial charge in [0, 0.05) is 50.1 Å². The van der Waals surface area contributed by atoms with Crippen LogP contribution in [0.25, 0.3) is 0 Å². The average molecular weight is 905 g/mol. The molecule has 2 aromatic carbocycles. The summed E-state index contributed by atoms with van der Waals surface area (Å²) in [5.41, 5.74) is 0.601. The van der Waals surface area contributed by atoms with Gasteiger partial charge in [-0.1, -0.05) is 25.3 Å². The van der Waals surface area contributed by atoms with Gasteiger partial charge in [-0.15, -0.1) is 0 Å². The van der Waals surface area contributed by atoms with Gasteiger partial charge in [-0.05, 0) is 93.6 Å². The van der Waals surface area contributed by atoms with Crippen LogP contribution in [0.4, 0.5) is 21.0 Å². The number of hydrogen-bond donors (Lipinski definition) is 4. The van der Waals surface area contributed by atoms with E-state index in [1.165, 1.54) is 50.6 Å². The Hall–Kier alpha value is -6.46. The molecule has 0 unspecified atom stereocenters. The second kappa shape index (κ2) is 21.5. The number of carboxylic acid groups (broad SMARTS) is 2. The first-order valence-corrected chi connectivity index (χ1v) is 22.1. The molecule has 4 amide bonds. The summed E-state index contributed by atoms with van der Waals surface area (Å²) in [7, 11) is 2.89. The fraction of sp³-hybridized carbons (Fsp3) is 0.532. The van der Waals surface area contributed by atoms with Gasteiger partial charge in [0.1, 0.15) is 13.2 Å². The van der Waals surface area contributed by atoms with Gasteiger partial charge in [-0.2, -0.15) is 0 Å². The number of benzene rings is 2. The van der Waals surface area contributed by atoms with E-state index in [0.717, 1.165) is 38.5 Å². The maximum absolute atomic E-state index is 14.2. The van der Waals surface area contributed by atoms with E-state index >= 15 is 0 Å². The minimum Gasteiger partial charge on any atom is -0.493 e. The lowest BCUT2D eigenvalue weighted by Crippen LogP contribution is -2.36. The van der Waals surface area contributed by atoms with Crippen LogP contribution in [0.3, 0.4) is 0 Å². The summed E-state index contributed by atoms with van der Waals surface area (Å²) in [6, 6.07) is 5.54. The second-order valence-electron chi connectivity index (χ2n) is 17.3. The molecule has 65 heavy (non-hydrogen) atoms. The molecule has 0 aromatic heterocycles. The number of unbranched alkanes of at least 4 members (excludes halogenated alkanes) is 2. The highest BCUT2D eigenvalue weighted by Gasteiger charge is 2.54. The predicted molar refractivity (Wildman–Crippen MR) is 237 cm³/mol. The van der Waals surface area contributed by atoms with Gasteiger partial charge >= 0.3 is 24.1 Å². The Bertz CT molecular complexity index is 1980. The Morgan fingerprint density at radius 1 is 0.646 bits per heavy atom. The fourth-order valence-corrected chi connectivity index (χ4v) is 8.82. The smallest absolute Gasteiger partial charge is 0.411 e. The molecule has 6 rings (SSSR count). The number of anilines is 2. The fourth-order valence-electron chi connectivity index (χ4n) is 8.82. The van der Waals surface area contributed by atoms with Crippen LogP contribution in [0.1, 0.15) is 104 Å². The molecule has 4 fully saturated rings. The van der Waals surface area contributed by atoms with Crippen LogP contribution in [-0.2, 0) is 19.1 Å². The number of nitrogens with one attached hydrogen (secondary N) is 2. The van der Waals surface area contributed by atoms with E-state index < -0.39 is 24.1 Å². The van der Waals surface area contributed by atoms with Crippen LogP contribution in [0.15, 0.2) is 49.6 Å². The zero-order chi connectivity index (χ0) is 46.7. The summed E-state index contributed by atoms with van der Waals surface area (Å²) >= 11 is 0. The van der Waals surface area contributed by atoms with E-state index in [4.69, 9.17) is 28.4 Å². The van der Waals surface area contributed by atoms with Crippen molar-refractivity contribution in [2.75, 3.05) is 64.4 Å². The summed E-state index contributed by atoms with van der Waals surface area (Å²) in [4.78, 5) is 80.2. The summed E-state index contributed by atoms with van der Waals surface area (Å²) in [6.45, 7) is 8.51. The highest BCUT2D eigenvalue weighted by atomic mass is 16.6. The van der Waals surface area contributed by atoms with Crippen LogP contribution in [0.2, 0.25) is 0 Å². The van der Waals surface area contributed by atoms with Gasteiger partial charge in [0.25, 0.3) is 11.8 Å². The first-order valence-electron chi connectivity index (χ1n) is 22.1. The Morgan fingerprint density at radius 3 is 1.38 bits per heavy atom. The third-order valence-electron chi connectivity index (χ3n) is 12.6. The van der Waals surface area contributed by atoms with Gasteiger partial charge in [-0.3, -0.25) is 29.8 Å². The predicted octanol–water partition coefficient (Wildman–Crippen LogP) is 7.52. The summed E-state index contributed by atoms with van der Waals surface area (Å²) < 4.78 is 33.8. The molecule has 0 bridgehead atoms. The van der Waals surface area contributed by atoms with Crippen molar-refractivity contribution >= 4 is 47.3 Å². The minimum absolute atomic E-state index is 0.00438. The highest BCUT2D eigenvalue weighted by Crippen LogP contribution is 2.57. The van der Waals surface area contributed by atoms with Crippen molar-refractivity contribution in [3.63, 3.8) is 0 Å². The molecule has 18 nitrogen and oxygen atoms in total. The zero-order valence-corrected chi connectivity index (χ0v) is 37.2. The topological polar surface area (TPSA) is 229 Å². The van der Waals surface area contributed by atoms with Gasteiger partial charge in [0.05, 0.1) is 49.9 Å². The van der Waals surface area contributed by atoms with Crippen molar-refractivity contribution in [3.8, 4) is 23.0 Å². The monoisotopic (exact) mass is 904 g/mol. The second-order valence-corrected chi connectivity index (χ2v) is 17.3. The Kier molecular flexibility index (Phi) is 15.9. The molecule has 0 radical (unpaired) electrons. The van der Waals surface area contributed by atoms with E-state index in [-0.39, 0.29) is 119 Å². The quantitative estimate of drug-likeness (QED) is 0.0590. The van der Waals surface area contributed by atoms with Crippen molar-refractivity contribution in [1.29, 1.82) is 0 Å². The average Bonchev–Trinajstić information content (AvgIpc) is 4.15. The molecule has 2 aliphatic heterocycles. The number of ether oxygens (including phenoxy) is 6. The van der Waals surface area contributed by atoms with E-state index in [1.54, 1.807) is 9.80 Å². The molecular weight excluding hydrogens is 845 g/mol. The van der Waals surface area contributed by atoms with Crippen molar-refractivity contribution in [3.05, 3.63) is 60.7 Å². The molecule has 2 saturated carbocycles. The summed E-state index contributed by atoms with van der Waals surface area (Å²) in [5.74, 6) is -1.49. The van der Waals surface area contributed by atoms with Gasteiger partial charge in [0.2, 0.25) is 0 Å². The lowest BCUT2D eigenvalue weighted by atomic mass is 10.0. The lowest BCUT2D eigenvalue weighted by molar-refractivity contribution is -0.138. The van der Waals surface area contributed by atoms with Crippen molar-refractivity contribution in [2.45, 2.75) is 95.6 Å². The van der Waals surface area contributed by atoms with Crippen LogP contribution < -0.4 is 29.6 Å². The largest absolute Gasteiger partial charge is 0.493 e. The standard InChI is InChI=1S/C47H60N4O14/c1-5-18-64-44(58)48-34-24-38(36(60-3)22-32(34)42(56)50-28-46(14-15-46)26-30(50)10-12-40(52)53)62-20-8-7-9-21-63-39-25-35(49-45(59)65-19-6-2)33(23-37(39)61-4)43(57)51-29-47(16-17-47)27-31(51)11-13-41(54)55/h5-6,22-25,30-31H,1-2,7-21,26-29H2,3-4H3,(H,48,58)(H,49,59)(H,52,53)(H,54,55)/t30-,31-/m0/s1. The van der Waals surface area contributed by atoms with Gasteiger partial charge < -0.3 is 48.4 Å². The number of nitrogens with zero attached hydrogens (tertiary/aromatic N) is 2. The van der Waals surface area contributed by atoms with E-state index in [1.807, 2.05) is 0 Å². The molecule has 2 aliphatic carbocycles. The first kappa shape index (κ1) is 48.0. The number of hydrogen-bond acceptors (Lipinski definition) is 12. The number of methoxy groups -OCH3 is 2. The van der Waals surface area contributed by atoms with Crippen LogP contribution in [0.5, 0.6) is 23.0 Å². The molecule has 2 saturated heterocycles. The van der Waals surface area contributed by atoms with Crippen molar-refractivity contribution in [2.24, 2.45) is 10.8 Å². The maximum atomic E-state index is 14.2. The molecule has 2 spiro atoms. The Labute approximate surface area is 378 Å². The van der Waals surface area contributed by atoms with Crippen molar-refractivity contribution < 1.29 is 67.4 Å². The number of carbonyl (C=O) groups excluding carboxylic acids is 4. The molecule has 4 aliphatic rings. The van der Waals surface area contributed by atoms with Gasteiger partial charge in [0.15, 0.2) is 23.0 Å². The normalized spacial score (nSPS) is 18.4. The van der Waals surface area contributed by atoms with E-state index in [0.29, 0.717) is 45.2 Å². The third kappa shape index (κ3) is 12.4. The minimum atomic E-state index is -0.931. The Balaban J connectivity index is 1.10.